The lowest BCUT2D eigenvalue weighted by Crippen LogP contribution is -2.40. The summed E-state index contributed by atoms with van der Waals surface area (Å²) >= 11 is 0. The first-order valence-electron chi connectivity index (χ1n) is 7.59. The summed E-state index contributed by atoms with van der Waals surface area (Å²) in [5, 5.41) is 0. The molecule has 1 atom stereocenters. The highest BCUT2D eigenvalue weighted by molar-refractivity contribution is 5.54. The molecule has 0 aromatic heterocycles. The van der Waals surface area contributed by atoms with Gasteiger partial charge in [0, 0.05) is 25.4 Å². The molecule has 1 fully saturated rings. The summed E-state index contributed by atoms with van der Waals surface area (Å²) in [6, 6.07) is 5.02. The number of nitrogens with two attached hydrogens (primary N) is 1. The summed E-state index contributed by atoms with van der Waals surface area (Å²) in [6.45, 7) is 5.38. The van der Waals surface area contributed by atoms with E-state index >= 15 is 0 Å². The molecular weight excluding hydrogens is 255 g/mol. The average molecular weight is 280 g/mol. The fourth-order valence-corrected chi connectivity index (χ4v) is 2.80. The Kier molecular flexibility index (Phi) is 5.80. The van der Waals surface area contributed by atoms with Crippen molar-refractivity contribution < 1.29 is 9.13 Å². The van der Waals surface area contributed by atoms with E-state index in [1.54, 1.807) is 6.07 Å². The summed E-state index contributed by atoms with van der Waals surface area (Å²) in [7, 11) is 0. The molecule has 0 amide bonds. The highest BCUT2D eigenvalue weighted by Gasteiger charge is 2.22. The van der Waals surface area contributed by atoms with Crippen molar-refractivity contribution in [2.24, 2.45) is 5.73 Å². The molecule has 1 heterocycles. The van der Waals surface area contributed by atoms with E-state index in [1.165, 1.54) is 6.07 Å². The van der Waals surface area contributed by atoms with Crippen LogP contribution in [0.5, 0.6) is 0 Å². The summed E-state index contributed by atoms with van der Waals surface area (Å²) < 4.78 is 19.3. The van der Waals surface area contributed by atoms with E-state index in [1.807, 2.05) is 6.07 Å². The Labute approximate surface area is 120 Å². The smallest absolute Gasteiger partial charge is 0.123 e. The molecule has 0 radical (unpaired) electrons. The molecule has 0 aliphatic carbocycles. The maximum atomic E-state index is 13.4. The number of rotatable bonds is 6. The van der Waals surface area contributed by atoms with Gasteiger partial charge in [0.25, 0.3) is 0 Å². The van der Waals surface area contributed by atoms with Crippen molar-refractivity contribution in [3.8, 4) is 0 Å². The molecule has 20 heavy (non-hydrogen) atoms. The van der Waals surface area contributed by atoms with Crippen LogP contribution < -0.4 is 10.6 Å². The van der Waals surface area contributed by atoms with Gasteiger partial charge in [-0.2, -0.15) is 0 Å². The number of hydrogen-bond acceptors (Lipinski definition) is 3. The highest BCUT2D eigenvalue weighted by Crippen LogP contribution is 2.26. The van der Waals surface area contributed by atoms with E-state index < -0.39 is 0 Å². The third-order valence-electron chi connectivity index (χ3n) is 3.73. The van der Waals surface area contributed by atoms with Gasteiger partial charge in [-0.3, -0.25) is 0 Å². The molecule has 112 valence electrons. The number of ether oxygens (including phenoxy) is 1. The Morgan fingerprint density at radius 2 is 2.30 bits per heavy atom. The SMILES string of the molecule is CCCOC1CCCN(c2ccc(F)cc2CCN)C1. The van der Waals surface area contributed by atoms with Gasteiger partial charge in [-0.1, -0.05) is 6.92 Å². The molecule has 0 spiro atoms. The predicted molar refractivity (Wildman–Crippen MR) is 80.6 cm³/mol. The molecule has 0 bridgehead atoms. The van der Waals surface area contributed by atoms with E-state index in [0.29, 0.717) is 19.1 Å². The molecule has 1 aromatic carbocycles. The van der Waals surface area contributed by atoms with Gasteiger partial charge in [0.2, 0.25) is 0 Å². The van der Waals surface area contributed by atoms with Gasteiger partial charge in [0.1, 0.15) is 5.82 Å². The van der Waals surface area contributed by atoms with E-state index in [2.05, 4.69) is 11.8 Å². The highest BCUT2D eigenvalue weighted by atomic mass is 19.1. The second-order valence-corrected chi connectivity index (χ2v) is 5.39. The molecular formula is C16H25FN2O. The molecule has 0 saturated carbocycles. The number of anilines is 1. The zero-order valence-electron chi connectivity index (χ0n) is 12.3. The molecule has 3 nitrogen and oxygen atoms in total. The first-order valence-corrected chi connectivity index (χ1v) is 7.59. The average Bonchev–Trinajstić information content (AvgIpc) is 2.46. The molecule has 2 N–H and O–H groups in total. The summed E-state index contributed by atoms with van der Waals surface area (Å²) in [5.41, 5.74) is 7.75. The van der Waals surface area contributed by atoms with Crippen LogP contribution >= 0.6 is 0 Å². The zero-order chi connectivity index (χ0) is 14.4. The molecule has 1 saturated heterocycles. The van der Waals surface area contributed by atoms with Crippen molar-refractivity contribution in [3.05, 3.63) is 29.6 Å². The molecule has 1 aromatic rings. The maximum absolute atomic E-state index is 13.4. The second kappa shape index (κ2) is 7.60. The van der Waals surface area contributed by atoms with Crippen LogP contribution in [0.1, 0.15) is 31.7 Å². The summed E-state index contributed by atoms with van der Waals surface area (Å²) in [4.78, 5) is 2.31. The van der Waals surface area contributed by atoms with Crippen molar-refractivity contribution in [1.82, 2.24) is 0 Å². The van der Waals surface area contributed by atoms with Crippen LogP contribution in [0.3, 0.4) is 0 Å². The number of hydrogen-bond donors (Lipinski definition) is 1. The molecule has 1 aliphatic rings. The fraction of sp³-hybridized carbons (Fsp3) is 0.625. The van der Waals surface area contributed by atoms with Crippen molar-refractivity contribution in [1.29, 1.82) is 0 Å². The maximum Gasteiger partial charge on any atom is 0.123 e. The summed E-state index contributed by atoms with van der Waals surface area (Å²) in [6.07, 6.45) is 4.28. The monoisotopic (exact) mass is 280 g/mol. The van der Waals surface area contributed by atoms with Gasteiger partial charge in [-0.05, 0) is 56.0 Å². The Morgan fingerprint density at radius 3 is 3.05 bits per heavy atom. The first kappa shape index (κ1) is 15.3. The predicted octanol–water partition coefficient (Wildman–Crippen LogP) is 2.72. The largest absolute Gasteiger partial charge is 0.376 e. The third-order valence-corrected chi connectivity index (χ3v) is 3.73. The van der Waals surface area contributed by atoms with Crippen LogP contribution in [0.15, 0.2) is 18.2 Å². The Balaban J connectivity index is 2.09. The standard InChI is InChI=1S/C16H25FN2O/c1-2-10-20-15-4-3-9-19(12-15)16-6-5-14(17)11-13(16)7-8-18/h5-6,11,15H,2-4,7-10,12,18H2,1H3. The van der Waals surface area contributed by atoms with Gasteiger partial charge in [0.05, 0.1) is 6.10 Å². The molecule has 4 heteroatoms. The van der Waals surface area contributed by atoms with Crippen LogP contribution in [-0.2, 0) is 11.2 Å². The van der Waals surface area contributed by atoms with E-state index in [0.717, 1.165) is 50.2 Å². The lowest BCUT2D eigenvalue weighted by atomic mass is 10.0. The number of nitrogens with zero attached hydrogens (tertiary/aromatic N) is 1. The lowest BCUT2D eigenvalue weighted by molar-refractivity contribution is 0.0440. The van der Waals surface area contributed by atoms with Crippen LogP contribution in [0, 0.1) is 5.82 Å². The molecule has 2 rings (SSSR count). The third kappa shape index (κ3) is 3.93. The zero-order valence-corrected chi connectivity index (χ0v) is 12.3. The van der Waals surface area contributed by atoms with Gasteiger partial charge in [-0.15, -0.1) is 0 Å². The van der Waals surface area contributed by atoms with Crippen LogP contribution in [0.4, 0.5) is 10.1 Å². The van der Waals surface area contributed by atoms with Gasteiger partial charge in [0.15, 0.2) is 0 Å². The number of piperidine rings is 1. The minimum atomic E-state index is -0.187. The Hall–Kier alpha value is -1.13. The Bertz CT molecular complexity index is 425. The fourth-order valence-electron chi connectivity index (χ4n) is 2.80. The lowest BCUT2D eigenvalue weighted by Gasteiger charge is -2.35. The van der Waals surface area contributed by atoms with Gasteiger partial charge >= 0.3 is 0 Å². The van der Waals surface area contributed by atoms with Gasteiger partial charge < -0.3 is 15.4 Å². The van der Waals surface area contributed by atoms with E-state index in [-0.39, 0.29) is 5.82 Å². The van der Waals surface area contributed by atoms with Crippen molar-refractivity contribution in [3.63, 3.8) is 0 Å². The normalized spacial score (nSPS) is 19.4. The minimum absolute atomic E-state index is 0.187. The van der Waals surface area contributed by atoms with Gasteiger partial charge in [-0.25, -0.2) is 4.39 Å². The van der Waals surface area contributed by atoms with E-state index in [4.69, 9.17) is 10.5 Å². The molecule has 1 aliphatic heterocycles. The van der Waals surface area contributed by atoms with Crippen molar-refractivity contribution in [2.75, 3.05) is 31.1 Å². The topological polar surface area (TPSA) is 38.5 Å². The minimum Gasteiger partial charge on any atom is -0.376 e. The van der Waals surface area contributed by atoms with Crippen molar-refractivity contribution >= 4 is 5.69 Å². The quantitative estimate of drug-likeness (QED) is 0.870. The second-order valence-electron chi connectivity index (χ2n) is 5.39. The summed E-state index contributed by atoms with van der Waals surface area (Å²) in [5.74, 6) is -0.187. The Morgan fingerprint density at radius 1 is 1.45 bits per heavy atom. The number of benzene rings is 1. The van der Waals surface area contributed by atoms with Crippen LogP contribution in [-0.4, -0.2) is 32.3 Å². The number of halogens is 1. The van der Waals surface area contributed by atoms with Crippen molar-refractivity contribution in [2.45, 2.75) is 38.7 Å². The first-order chi connectivity index (χ1) is 9.74. The van der Waals surface area contributed by atoms with E-state index in [9.17, 15) is 4.39 Å². The van der Waals surface area contributed by atoms with Crippen LogP contribution in [0.2, 0.25) is 0 Å². The van der Waals surface area contributed by atoms with Crippen LogP contribution in [0.25, 0.3) is 0 Å². The molecule has 1 unspecified atom stereocenters.